The van der Waals surface area contributed by atoms with Gasteiger partial charge in [-0.05, 0) is 45.7 Å². The first-order valence-corrected chi connectivity index (χ1v) is 8.52. The SMILES string of the molecule is COC(=O)CN1CCC[C@H]1C(=O)OC(=O)[C@H](C)NC(=O)[C@@H]1CCCN1. The standard InChI is InChI=1S/C16H25N3O6/c1-10(18-14(21)11-5-3-7-17-11)15(22)25-16(23)12-6-4-8-19(12)9-13(20)24-2/h10-12,17H,3-9H2,1-2H3,(H,18,21)/t10-,11-,12-/m0/s1. The fraction of sp³-hybridized carbons (Fsp3) is 0.750. The molecule has 1 amide bonds. The van der Waals surface area contributed by atoms with Crippen molar-refractivity contribution in [3.63, 3.8) is 0 Å². The molecular formula is C16H25N3O6. The van der Waals surface area contributed by atoms with Crippen LogP contribution in [-0.4, -0.2) is 73.6 Å². The monoisotopic (exact) mass is 355 g/mol. The normalized spacial score (nSPS) is 24.6. The zero-order valence-electron chi connectivity index (χ0n) is 14.6. The van der Waals surface area contributed by atoms with Gasteiger partial charge in [-0.25, -0.2) is 9.59 Å². The summed E-state index contributed by atoms with van der Waals surface area (Å²) in [5, 5.41) is 5.59. The Hall–Kier alpha value is -2.00. The van der Waals surface area contributed by atoms with Crippen LogP contribution in [0.1, 0.15) is 32.6 Å². The number of nitrogens with zero attached hydrogens (tertiary/aromatic N) is 1. The van der Waals surface area contributed by atoms with Crippen LogP contribution < -0.4 is 10.6 Å². The van der Waals surface area contributed by atoms with Gasteiger partial charge in [0.2, 0.25) is 5.91 Å². The highest BCUT2D eigenvalue weighted by molar-refractivity contribution is 5.93. The third kappa shape index (κ3) is 5.23. The summed E-state index contributed by atoms with van der Waals surface area (Å²) in [6.45, 7) is 2.78. The van der Waals surface area contributed by atoms with Gasteiger partial charge in [-0.3, -0.25) is 14.5 Å². The quantitative estimate of drug-likeness (QED) is 0.458. The fourth-order valence-electron chi connectivity index (χ4n) is 3.05. The second kappa shape index (κ2) is 8.91. The molecule has 0 aromatic heterocycles. The van der Waals surface area contributed by atoms with E-state index in [0.29, 0.717) is 13.0 Å². The molecular weight excluding hydrogens is 330 g/mol. The summed E-state index contributed by atoms with van der Waals surface area (Å²) < 4.78 is 9.50. The zero-order valence-corrected chi connectivity index (χ0v) is 14.6. The number of hydrogen-bond acceptors (Lipinski definition) is 8. The number of likely N-dealkylation sites (tertiary alicyclic amines) is 1. The summed E-state index contributed by atoms with van der Waals surface area (Å²) in [6.07, 6.45) is 2.87. The Morgan fingerprint density at radius 3 is 2.64 bits per heavy atom. The topological polar surface area (TPSA) is 114 Å². The Labute approximate surface area is 146 Å². The lowest BCUT2D eigenvalue weighted by molar-refractivity contribution is -0.165. The molecule has 9 nitrogen and oxygen atoms in total. The number of amides is 1. The van der Waals surface area contributed by atoms with E-state index in [1.807, 2.05) is 0 Å². The third-order valence-electron chi connectivity index (χ3n) is 4.49. The Morgan fingerprint density at radius 2 is 2.00 bits per heavy atom. The van der Waals surface area contributed by atoms with Gasteiger partial charge in [0.15, 0.2) is 0 Å². The molecule has 2 saturated heterocycles. The number of methoxy groups -OCH3 is 1. The maximum atomic E-state index is 12.2. The maximum absolute atomic E-state index is 12.2. The Kier molecular flexibility index (Phi) is 6.89. The molecule has 0 saturated carbocycles. The van der Waals surface area contributed by atoms with Gasteiger partial charge in [0.1, 0.15) is 12.1 Å². The van der Waals surface area contributed by atoms with Crippen LogP contribution in [-0.2, 0) is 28.7 Å². The minimum atomic E-state index is -0.922. The van der Waals surface area contributed by atoms with Gasteiger partial charge < -0.3 is 20.1 Å². The van der Waals surface area contributed by atoms with Crippen molar-refractivity contribution in [3.05, 3.63) is 0 Å². The van der Waals surface area contributed by atoms with E-state index in [9.17, 15) is 19.2 Å². The molecule has 2 aliphatic heterocycles. The van der Waals surface area contributed by atoms with Crippen LogP contribution in [0, 0.1) is 0 Å². The van der Waals surface area contributed by atoms with Crippen molar-refractivity contribution in [2.75, 3.05) is 26.7 Å². The third-order valence-corrected chi connectivity index (χ3v) is 4.49. The van der Waals surface area contributed by atoms with Crippen LogP contribution in [0.5, 0.6) is 0 Å². The number of rotatable bonds is 6. The largest absolute Gasteiger partial charge is 0.468 e. The molecule has 2 fully saturated rings. The van der Waals surface area contributed by atoms with Crippen LogP contribution >= 0.6 is 0 Å². The molecule has 0 unspecified atom stereocenters. The summed E-state index contributed by atoms with van der Waals surface area (Å²) in [6, 6.07) is -1.88. The van der Waals surface area contributed by atoms with Crippen molar-refractivity contribution >= 4 is 23.8 Å². The number of ether oxygens (including phenoxy) is 2. The maximum Gasteiger partial charge on any atom is 0.336 e. The fourth-order valence-corrected chi connectivity index (χ4v) is 3.05. The molecule has 0 aromatic rings. The lowest BCUT2D eigenvalue weighted by Crippen LogP contribution is -2.49. The lowest BCUT2D eigenvalue weighted by Gasteiger charge is -2.22. The van der Waals surface area contributed by atoms with E-state index in [2.05, 4.69) is 15.4 Å². The highest BCUT2D eigenvalue weighted by atomic mass is 16.6. The van der Waals surface area contributed by atoms with Gasteiger partial charge in [0, 0.05) is 0 Å². The minimum absolute atomic E-state index is 0.0237. The van der Waals surface area contributed by atoms with Gasteiger partial charge in [0.25, 0.3) is 0 Å². The Morgan fingerprint density at radius 1 is 1.24 bits per heavy atom. The van der Waals surface area contributed by atoms with E-state index in [1.54, 1.807) is 4.90 Å². The van der Waals surface area contributed by atoms with Crippen molar-refractivity contribution in [3.8, 4) is 0 Å². The molecule has 0 radical (unpaired) electrons. The lowest BCUT2D eigenvalue weighted by atomic mass is 10.2. The van der Waals surface area contributed by atoms with E-state index < -0.39 is 30.0 Å². The number of carbonyl (C=O) groups is 4. The summed E-state index contributed by atoms with van der Waals surface area (Å²) >= 11 is 0. The summed E-state index contributed by atoms with van der Waals surface area (Å²) in [7, 11) is 1.28. The minimum Gasteiger partial charge on any atom is -0.468 e. The molecule has 25 heavy (non-hydrogen) atoms. The van der Waals surface area contributed by atoms with Gasteiger partial charge in [0.05, 0.1) is 19.7 Å². The molecule has 0 spiro atoms. The zero-order chi connectivity index (χ0) is 18.4. The second-order valence-corrected chi connectivity index (χ2v) is 6.32. The van der Waals surface area contributed by atoms with Gasteiger partial charge in [-0.2, -0.15) is 0 Å². The molecule has 2 rings (SSSR count). The van der Waals surface area contributed by atoms with E-state index in [0.717, 1.165) is 25.8 Å². The smallest absolute Gasteiger partial charge is 0.336 e. The number of hydrogen-bond donors (Lipinski definition) is 2. The van der Waals surface area contributed by atoms with Crippen molar-refractivity contribution in [1.29, 1.82) is 0 Å². The van der Waals surface area contributed by atoms with E-state index >= 15 is 0 Å². The average Bonchev–Trinajstić information content (AvgIpc) is 3.26. The number of nitrogens with one attached hydrogen (secondary N) is 2. The predicted octanol–water partition coefficient (Wildman–Crippen LogP) is -1.05. The van der Waals surface area contributed by atoms with E-state index in [4.69, 9.17) is 4.74 Å². The molecule has 2 heterocycles. The molecule has 140 valence electrons. The van der Waals surface area contributed by atoms with E-state index in [-0.39, 0.29) is 18.5 Å². The van der Waals surface area contributed by atoms with Crippen molar-refractivity contribution in [1.82, 2.24) is 15.5 Å². The van der Waals surface area contributed by atoms with Crippen molar-refractivity contribution in [2.24, 2.45) is 0 Å². The van der Waals surface area contributed by atoms with Gasteiger partial charge in [-0.1, -0.05) is 0 Å². The molecule has 9 heteroatoms. The highest BCUT2D eigenvalue weighted by Crippen LogP contribution is 2.18. The number of carbonyl (C=O) groups excluding carboxylic acids is 4. The Balaban J connectivity index is 1.82. The summed E-state index contributed by atoms with van der Waals surface area (Å²) in [5.41, 5.74) is 0. The highest BCUT2D eigenvalue weighted by Gasteiger charge is 2.35. The Bertz CT molecular complexity index is 532. The van der Waals surface area contributed by atoms with Crippen LogP contribution in [0.25, 0.3) is 0 Å². The van der Waals surface area contributed by atoms with Crippen molar-refractivity contribution in [2.45, 2.75) is 50.7 Å². The molecule has 0 aromatic carbocycles. The predicted molar refractivity (Wildman–Crippen MR) is 86.3 cm³/mol. The first kappa shape index (κ1) is 19.3. The summed E-state index contributed by atoms with van der Waals surface area (Å²) in [4.78, 5) is 49.3. The molecule has 0 bridgehead atoms. The molecule has 2 N–H and O–H groups in total. The van der Waals surface area contributed by atoms with Crippen LogP contribution in [0.2, 0.25) is 0 Å². The second-order valence-electron chi connectivity index (χ2n) is 6.32. The van der Waals surface area contributed by atoms with Crippen LogP contribution in [0.15, 0.2) is 0 Å². The molecule has 3 atom stereocenters. The average molecular weight is 355 g/mol. The van der Waals surface area contributed by atoms with Crippen molar-refractivity contribution < 1.29 is 28.7 Å². The van der Waals surface area contributed by atoms with Crippen LogP contribution in [0.3, 0.4) is 0 Å². The van der Waals surface area contributed by atoms with Gasteiger partial charge in [-0.15, -0.1) is 0 Å². The van der Waals surface area contributed by atoms with E-state index in [1.165, 1.54) is 14.0 Å². The number of esters is 3. The first-order chi connectivity index (χ1) is 11.9. The first-order valence-electron chi connectivity index (χ1n) is 8.52. The molecule has 2 aliphatic rings. The van der Waals surface area contributed by atoms with Gasteiger partial charge >= 0.3 is 17.9 Å². The van der Waals surface area contributed by atoms with Crippen LogP contribution in [0.4, 0.5) is 0 Å². The summed E-state index contributed by atoms with van der Waals surface area (Å²) in [5.74, 6) is -2.23. The molecule has 0 aliphatic carbocycles.